The highest BCUT2D eigenvalue weighted by Gasteiger charge is 2.49. The van der Waals surface area contributed by atoms with Gasteiger partial charge < -0.3 is 14.3 Å². The van der Waals surface area contributed by atoms with Crippen molar-refractivity contribution in [2.45, 2.75) is 77.3 Å². The highest BCUT2D eigenvalue weighted by Crippen LogP contribution is 2.40. The summed E-state index contributed by atoms with van der Waals surface area (Å²) in [7, 11) is 0. The Morgan fingerprint density at radius 1 is 1.00 bits per heavy atom. The molecule has 4 aromatic rings. The molecule has 3 aromatic carbocycles. The van der Waals surface area contributed by atoms with Gasteiger partial charge in [0.15, 0.2) is 0 Å². The smallest absolute Gasteiger partial charge is 0.409 e. The van der Waals surface area contributed by atoms with E-state index in [0.717, 1.165) is 77.8 Å². The van der Waals surface area contributed by atoms with Crippen LogP contribution in [0.4, 0.5) is 4.79 Å². The largest absolute Gasteiger partial charge is 0.515 e. The molecule has 2 aliphatic rings. The normalized spacial score (nSPS) is 15.1. The molecule has 1 aliphatic carbocycles. The first kappa shape index (κ1) is 32.3. The van der Waals surface area contributed by atoms with Crippen molar-refractivity contribution < 1.29 is 29.0 Å². The van der Waals surface area contributed by atoms with Crippen molar-refractivity contribution in [3.05, 3.63) is 94.0 Å². The first-order valence-corrected chi connectivity index (χ1v) is 15.9. The molecule has 1 amide bonds. The molecule has 48 heavy (non-hydrogen) atoms. The number of hydrogen-bond acceptors (Lipinski definition) is 11. The zero-order valence-corrected chi connectivity index (χ0v) is 26.5. The fraction of sp³-hybridized carbons (Fsp3) is 0.353. The summed E-state index contributed by atoms with van der Waals surface area (Å²) in [5, 5.41) is 22.1. The highest BCUT2D eigenvalue weighted by atomic mass is 16.9. The molecule has 0 radical (unpaired) electrons. The van der Waals surface area contributed by atoms with Crippen LogP contribution >= 0.6 is 0 Å². The van der Waals surface area contributed by atoms with Crippen LogP contribution in [0.3, 0.4) is 0 Å². The van der Waals surface area contributed by atoms with Gasteiger partial charge in [-0.2, -0.15) is 0 Å². The quantitative estimate of drug-likeness (QED) is 0.0709. The fourth-order valence-corrected chi connectivity index (χ4v) is 6.07. The van der Waals surface area contributed by atoms with Crippen LogP contribution in [-0.4, -0.2) is 53.6 Å². The van der Waals surface area contributed by atoms with E-state index in [1.54, 1.807) is 12.1 Å². The van der Waals surface area contributed by atoms with E-state index in [1.807, 2.05) is 53.4 Å². The van der Waals surface area contributed by atoms with Crippen LogP contribution in [0.15, 0.2) is 77.8 Å². The number of rotatable bonds is 13. The number of carbonyl (C=O) groups is 2. The molecule has 14 heteroatoms. The van der Waals surface area contributed by atoms with Crippen LogP contribution in [0.5, 0.6) is 5.75 Å². The number of nitrogens with zero attached hydrogens (tertiary/aromatic N) is 7. The summed E-state index contributed by atoms with van der Waals surface area (Å²) in [6, 6.07) is 21.8. The Bertz CT molecular complexity index is 1820. The molecule has 0 N–H and O–H groups in total. The predicted molar refractivity (Wildman–Crippen MR) is 173 cm³/mol. The minimum atomic E-state index is -1.01. The molecule has 0 atom stereocenters. The summed E-state index contributed by atoms with van der Waals surface area (Å²) in [6.45, 7) is 2.00. The Kier molecular flexibility index (Phi) is 9.69. The minimum absolute atomic E-state index is 0.131. The van der Waals surface area contributed by atoms with Crippen molar-refractivity contribution in [3.8, 4) is 28.3 Å². The Hall–Kier alpha value is -5.66. The van der Waals surface area contributed by atoms with Gasteiger partial charge in [0.05, 0.1) is 6.54 Å². The molecule has 1 fully saturated rings. The number of amides is 1. The summed E-state index contributed by atoms with van der Waals surface area (Å²) in [5.41, 5.74) is 3.47. The van der Waals surface area contributed by atoms with E-state index in [9.17, 15) is 19.7 Å². The van der Waals surface area contributed by atoms with Gasteiger partial charge in [0, 0.05) is 12.0 Å². The molecule has 0 bridgehead atoms. The Labute approximate surface area is 276 Å². The molecule has 6 rings (SSSR count). The van der Waals surface area contributed by atoms with Crippen molar-refractivity contribution in [3.63, 3.8) is 0 Å². The maximum Gasteiger partial charge on any atom is 0.515 e. The summed E-state index contributed by atoms with van der Waals surface area (Å²) in [5.74, 6) is 1.53. The lowest BCUT2D eigenvalue weighted by Gasteiger charge is -2.23. The molecule has 0 unspecified atom stereocenters. The number of carbonyl (C=O) groups excluding carboxylic acids is 2. The molecule has 1 spiro atoms. The lowest BCUT2D eigenvalue weighted by Crippen LogP contribution is -2.40. The number of hydrogen-bond donors (Lipinski definition) is 0. The molecule has 1 aromatic heterocycles. The van der Waals surface area contributed by atoms with Crippen LogP contribution in [-0.2, 0) is 34.3 Å². The van der Waals surface area contributed by atoms with Gasteiger partial charge in [0.25, 0.3) is 11.0 Å². The van der Waals surface area contributed by atoms with Gasteiger partial charge in [-0.05, 0) is 58.9 Å². The van der Waals surface area contributed by atoms with E-state index in [-0.39, 0.29) is 25.0 Å². The van der Waals surface area contributed by atoms with Crippen LogP contribution in [0, 0.1) is 10.1 Å². The van der Waals surface area contributed by atoms with Gasteiger partial charge >= 0.3 is 6.16 Å². The highest BCUT2D eigenvalue weighted by molar-refractivity contribution is 6.08. The van der Waals surface area contributed by atoms with Crippen LogP contribution in [0.2, 0.25) is 0 Å². The summed E-state index contributed by atoms with van der Waals surface area (Å²) < 4.78 is 10.3. The summed E-state index contributed by atoms with van der Waals surface area (Å²) >= 11 is 0. The maximum atomic E-state index is 13.6. The zero-order valence-electron chi connectivity index (χ0n) is 26.5. The number of tetrazole rings is 1. The SMILES string of the molecule is CCCCC1=NC2(CCCC2)C(=O)N1Cc1ccc(-c2ccccc2-c2nnn(COC(=O)Oc3cccc(CO[N+](=O)[O-])c3)n2)cc1. The second-order valence-electron chi connectivity index (χ2n) is 11.8. The first-order chi connectivity index (χ1) is 23.3. The third-order valence-corrected chi connectivity index (χ3v) is 8.44. The Balaban J connectivity index is 1.09. The van der Waals surface area contributed by atoms with Crippen molar-refractivity contribution in [1.29, 1.82) is 0 Å². The standard InChI is InChI=1S/C34H35N7O7/c1-2-3-13-30-35-34(18-6-7-19-34)32(42)39(30)21-24-14-16-26(17-15-24)28-11-4-5-12-29(28)31-36-38-40(37-31)23-46-33(43)48-27-10-8-9-25(20-27)22-47-41(44)45/h4-5,8-12,14-17,20H,2-3,6-7,13,18-19,21-23H2,1H3. The van der Waals surface area contributed by atoms with E-state index in [4.69, 9.17) is 14.5 Å². The average molecular weight is 654 g/mol. The van der Waals surface area contributed by atoms with Gasteiger partial charge in [-0.3, -0.25) is 14.7 Å². The molecule has 1 saturated carbocycles. The van der Waals surface area contributed by atoms with Crippen molar-refractivity contribution in [2.24, 2.45) is 4.99 Å². The fourth-order valence-electron chi connectivity index (χ4n) is 6.07. The lowest BCUT2D eigenvalue weighted by molar-refractivity contribution is -0.763. The van der Waals surface area contributed by atoms with E-state index in [2.05, 4.69) is 27.2 Å². The number of benzene rings is 3. The second-order valence-corrected chi connectivity index (χ2v) is 11.8. The molecule has 2 heterocycles. The van der Waals surface area contributed by atoms with Crippen molar-refractivity contribution in [1.82, 2.24) is 25.1 Å². The van der Waals surface area contributed by atoms with Gasteiger partial charge in [0.1, 0.15) is 23.7 Å². The monoisotopic (exact) mass is 653 g/mol. The van der Waals surface area contributed by atoms with E-state index < -0.39 is 16.8 Å². The third-order valence-electron chi connectivity index (χ3n) is 8.44. The van der Waals surface area contributed by atoms with Crippen LogP contribution in [0.1, 0.15) is 63.0 Å². The Morgan fingerprint density at radius 3 is 2.52 bits per heavy atom. The molecule has 14 nitrogen and oxygen atoms in total. The molecule has 248 valence electrons. The number of unbranched alkanes of at least 4 members (excludes halogenated alkanes) is 1. The van der Waals surface area contributed by atoms with Gasteiger partial charge in [-0.1, -0.05) is 86.8 Å². The van der Waals surface area contributed by atoms with E-state index in [1.165, 1.54) is 12.1 Å². The van der Waals surface area contributed by atoms with E-state index in [0.29, 0.717) is 17.9 Å². The van der Waals surface area contributed by atoms with Gasteiger partial charge in [-0.15, -0.1) is 25.1 Å². The van der Waals surface area contributed by atoms with Crippen LogP contribution in [0.25, 0.3) is 22.5 Å². The second kappa shape index (κ2) is 14.4. The minimum Gasteiger partial charge on any atom is -0.409 e. The zero-order chi connectivity index (χ0) is 33.5. The predicted octanol–water partition coefficient (Wildman–Crippen LogP) is 6.13. The first-order valence-electron chi connectivity index (χ1n) is 15.9. The summed E-state index contributed by atoms with van der Waals surface area (Å²) in [6.07, 6.45) is 5.61. The van der Waals surface area contributed by atoms with Gasteiger partial charge in [-0.25, -0.2) is 4.79 Å². The number of aromatic nitrogens is 4. The van der Waals surface area contributed by atoms with Gasteiger partial charge in [0.2, 0.25) is 12.6 Å². The Morgan fingerprint density at radius 2 is 1.77 bits per heavy atom. The topological polar surface area (TPSA) is 164 Å². The average Bonchev–Trinajstić information content (AvgIpc) is 3.83. The molecular formula is C34H35N7O7. The summed E-state index contributed by atoms with van der Waals surface area (Å²) in [4.78, 5) is 48.6. The number of amidine groups is 1. The third kappa shape index (κ3) is 7.32. The number of aliphatic imine (C=N–C) groups is 1. The molecular weight excluding hydrogens is 618 g/mol. The maximum absolute atomic E-state index is 13.6. The lowest BCUT2D eigenvalue weighted by atomic mass is 9.97. The van der Waals surface area contributed by atoms with E-state index >= 15 is 0 Å². The van der Waals surface area contributed by atoms with Crippen LogP contribution < -0.4 is 4.74 Å². The van der Waals surface area contributed by atoms with Crippen molar-refractivity contribution >= 4 is 17.9 Å². The molecule has 0 saturated heterocycles. The van der Waals surface area contributed by atoms with Crippen molar-refractivity contribution in [2.75, 3.05) is 0 Å². The molecule has 1 aliphatic heterocycles. The number of ether oxygens (including phenoxy) is 2.